The van der Waals surface area contributed by atoms with Gasteiger partial charge < -0.3 is 39.6 Å². The lowest BCUT2D eigenvalue weighted by Gasteiger charge is -2.33. The minimum absolute atomic E-state index is 0.0838. The third kappa shape index (κ3) is 6.26. The maximum absolute atomic E-state index is 14.6. The van der Waals surface area contributed by atoms with Crippen LogP contribution < -0.4 is 5.32 Å². The molecule has 0 saturated carbocycles. The normalized spacial score (nSPS) is 33.8. The molecule has 172 valence electrons. The van der Waals surface area contributed by atoms with Crippen LogP contribution in [0.5, 0.6) is 0 Å². The van der Waals surface area contributed by atoms with E-state index in [1.54, 1.807) is 0 Å². The number of phosphoric acid groups is 3. The summed E-state index contributed by atoms with van der Waals surface area (Å²) in [7, 11) is -16.8. The summed E-state index contributed by atoms with van der Waals surface area (Å²) < 4.78 is 65.2. The van der Waals surface area contributed by atoms with Gasteiger partial charge in [0.05, 0.1) is 6.61 Å². The minimum Gasteiger partial charge on any atom is -0.387 e. The summed E-state index contributed by atoms with van der Waals surface area (Å²) in [6.45, 7) is 3.49. The van der Waals surface area contributed by atoms with Crippen molar-refractivity contribution in [2.45, 2.75) is 31.0 Å². The molecule has 1 fully saturated rings. The number of aliphatic hydroxyl groups excluding tert-OH is 1. The van der Waals surface area contributed by atoms with Crippen LogP contribution in [0.3, 0.4) is 0 Å². The van der Waals surface area contributed by atoms with Crippen LogP contribution in [0.1, 0.15) is 6.92 Å². The number of amides is 1. The van der Waals surface area contributed by atoms with E-state index < -0.39 is 60.1 Å². The molecule has 0 aromatic rings. The molecule has 0 spiro atoms. The summed E-state index contributed by atoms with van der Waals surface area (Å²) in [5, 5.41) is 12.4. The number of ether oxygens (including phenoxy) is 1. The number of aliphatic hydroxyl groups is 1. The highest BCUT2D eigenvalue weighted by molar-refractivity contribution is 7.66. The summed E-state index contributed by atoms with van der Waals surface area (Å²) in [6, 6.07) is 0. The van der Waals surface area contributed by atoms with Gasteiger partial charge >= 0.3 is 23.5 Å². The van der Waals surface area contributed by atoms with Gasteiger partial charge in [0.25, 0.3) is 5.91 Å². The van der Waals surface area contributed by atoms with Crippen LogP contribution in [-0.2, 0) is 36.4 Å². The molecule has 0 aromatic heterocycles. The highest BCUT2D eigenvalue weighted by Crippen LogP contribution is 2.66. The maximum atomic E-state index is 14.6. The van der Waals surface area contributed by atoms with Crippen molar-refractivity contribution >= 4 is 29.4 Å². The molecule has 15 nitrogen and oxygen atoms in total. The first-order valence-corrected chi connectivity index (χ1v) is 12.2. The fraction of sp³-hybridized carbons (Fsp3) is 0.545. The van der Waals surface area contributed by atoms with Gasteiger partial charge in [-0.3, -0.25) is 9.32 Å². The van der Waals surface area contributed by atoms with Crippen molar-refractivity contribution < 1.29 is 65.4 Å². The van der Waals surface area contributed by atoms with E-state index in [1.165, 1.54) is 0 Å². The SMILES string of the molecule is C=C1NC(=O)C=CN1[C@@H]1O[C@](C)(COP(=O)(O)OP(=O)(O)OP(=O)(O)O)[C@H](O)C1F. The van der Waals surface area contributed by atoms with Gasteiger partial charge in [0.15, 0.2) is 12.4 Å². The molecule has 6 N–H and O–H groups in total. The van der Waals surface area contributed by atoms with Crippen molar-refractivity contribution in [3.8, 4) is 0 Å². The highest BCUT2D eigenvalue weighted by atomic mass is 31.3. The largest absolute Gasteiger partial charge is 0.490 e. The number of nitrogens with one attached hydrogen (secondary N) is 1. The molecular weight excluding hydrogens is 480 g/mol. The predicted octanol–water partition coefficient (Wildman–Crippen LogP) is -0.440. The van der Waals surface area contributed by atoms with Gasteiger partial charge in [-0.25, -0.2) is 18.1 Å². The topological polar surface area (TPSA) is 222 Å². The zero-order valence-electron chi connectivity index (χ0n) is 15.0. The monoisotopic (exact) mass is 498 g/mol. The number of hydrogen-bond donors (Lipinski definition) is 6. The number of nitrogens with zero attached hydrogens (tertiary/aromatic N) is 1. The van der Waals surface area contributed by atoms with Crippen LogP contribution >= 0.6 is 23.5 Å². The van der Waals surface area contributed by atoms with Crippen molar-refractivity contribution in [3.63, 3.8) is 0 Å². The smallest absolute Gasteiger partial charge is 0.387 e. The second kappa shape index (κ2) is 8.51. The number of halogens is 1. The molecule has 0 aliphatic carbocycles. The van der Waals surface area contributed by atoms with Crippen LogP contribution in [0.25, 0.3) is 0 Å². The fourth-order valence-corrected chi connectivity index (χ4v) is 5.58. The molecule has 1 amide bonds. The number of carbonyl (C=O) groups is 1. The number of carbonyl (C=O) groups excluding carboxylic acids is 1. The summed E-state index contributed by atoms with van der Waals surface area (Å²) in [5.74, 6) is -0.625. The molecular formula is C11H18FN2O13P3. The van der Waals surface area contributed by atoms with Crippen LogP contribution in [-0.4, -0.2) is 66.2 Å². The first kappa shape index (κ1) is 25.3. The van der Waals surface area contributed by atoms with E-state index in [0.29, 0.717) is 0 Å². The number of rotatable bonds is 8. The molecule has 0 radical (unpaired) electrons. The Labute approximate surface area is 168 Å². The van der Waals surface area contributed by atoms with Crippen LogP contribution in [0, 0.1) is 0 Å². The van der Waals surface area contributed by atoms with Gasteiger partial charge in [0, 0.05) is 12.3 Å². The lowest BCUT2D eigenvalue weighted by Crippen LogP contribution is -2.45. The van der Waals surface area contributed by atoms with Crippen molar-refractivity contribution in [1.82, 2.24) is 10.2 Å². The van der Waals surface area contributed by atoms with Crippen molar-refractivity contribution in [3.05, 3.63) is 24.7 Å². The first-order chi connectivity index (χ1) is 13.4. The van der Waals surface area contributed by atoms with Gasteiger partial charge in [-0.05, 0) is 6.92 Å². The minimum atomic E-state index is -5.74. The zero-order valence-corrected chi connectivity index (χ0v) is 17.7. The zero-order chi connectivity index (χ0) is 23.1. The van der Waals surface area contributed by atoms with Gasteiger partial charge in [-0.2, -0.15) is 8.62 Å². The molecule has 0 bridgehead atoms. The van der Waals surface area contributed by atoms with E-state index >= 15 is 0 Å². The summed E-state index contributed by atoms with van der Waals surface area (Å²) in [6.07, 6.45) is -3.47. The third-order valence-corrected chi connectivity index (χ3v) is 7.54. The Balaban J connectivity index is 2.08. The van der Waals surface area contributed by atoms with Crippen molar-refractivity contribution in [2.75, 3.05) is 6.61 Å². The maximum Gasteiger partial charge on any atom is 0.490 e. The second-order valence-corrected chi connectivity index (χ2v) is 10.7. The Kier molecular flexibility index (Phi) is 7.17. The molecule has 0 aromatic carbocycles. The second-order valence-electron chi connectivity index (χ2n) is 6.23. The lowest BCUT2D eigenvalue weighted by atomic mass is 9.99. The van der Waals surface area contributed by atoms with Gasteiger partial charge in [-0.1, -0.05) is 6.58 Å². The Morgan fingerprint density at radius 2 is 1.87 bits per heavy atom. The molecule has 3 unspecified atom stereocenters. The van der Waals surface area contributed by atoms with E-state index in [4.69, 9.17) is 19.4 Å². The van der Waals surface area contributed by atoms with E-state index in [-0.39, 0.29) is 5.82 Å². The summed E-state index contributed by atoms with van der Waals surface area (Å²) in [4.78, 5) is 47.8. The molecule has 30 heavy (non-hydrogen) atoms. The Morgan fingerprint density at radius 1 is 1.27 bits per heavy atom. The van der Waals surface area contributed by atoms with Crippen molar-refractivity contribution in [1.29, 1.82) is 0 Å². The van der Waals surface area contributed by atoms with E-state index in [1.807, 2.05) is 0 Å². The average molecular weight is 498 g/mol. The standard InChI is InChI=1S/C11H18FN2O13P3/c1-6-13-7(15)3-4-14(6)10-8(12)9(16)11(2,25-10)5-24-29(20,21)27-30(22,23)26-28(17,18)19/h3-4,8-10,16H,1,5H2,2H3,(H,13,15)(H,20,21)(H,22,23)(H2,17,18,19)/t8?,9-,10-,11-/m1/s1. The molecule has 19 heteroatoms. The number of phosphoric ester groups is 1. The molecule has 6 atom stereocenters. The Morgan fingerprint density at radius 3 is 2.40 bits per heavy atom. The van der Waals surface area contributed by atoms with Crippen LogP contribution in [0.2, 0.25) is 0 Å². The molecule has 2 heterocycles. The molecule has 2 rings (SSSR count). The van der Waals surface area contributed by atoms with Gasteiger partial charge in [0.2, 0.25) is 0 Å². The summed E-state index contributed by atoms with van der Waals surface area (Å²) >= 11 is 0. The quantitative estimate of drug-likeness (QED) is 0.234. The molecule has 2 aliphatic heterocycles. The Bertz CT molecular complexity index is 892. The van der Waals surface area contributed by atoms with Gasteiger partial charge in [-0.15, -0.1) is 0 Å². The summed E-state index contributed by atoms with van der Waals surface area (Å²) in [5.41, 5.74) is -2.01. The van der Waals surface area contributed by atoms with Gasteiger partial charge in [0.1, 0.15) is 17.5 Å². The van der Waals surface area contributed by atoms with E-state index in [0.717, 1.165) is 24.1 Å². The van der Waals surface area contributed by atoms with Crippen LogP contribution in [0.15, 0.2) is 24.7 Å². The predicted molar refractivity (Wildman–Crippen MR) is 92.3 cm³/mol. The van der Waals surface area contributed by atoms with Crippen LogP contribution in [0.4, 0.5) is 4.39 Å². The molecule has 2 aliphatic rings. The average Bonchev–Trinajstić information content (AvgIpc) is 2.75. The Hall–Kier alpha value is -0.990. The number of alkyl halides is 1. The van der Waals surface area contributed by atoms with Crippen molar-refractivity contribution in [2.24, 2.45) is 0 Å². The van der Waals surface area contributed by atoms with E-state index in [2.05, 4.69) is 25.0 Å². The lowest BCUT2D eigenvalue weighted by molar-refractivity contribution is -0.127. The third-order valence-electron chi connectivity index (χ3n) is 3.76. The highest BCUT2D eigenvalue weighted by Gasteiger charge is 2.56. The van der Waals surface area contributed by atoms with E-state index in [9.17, 15) is 32.9 Å². The number of hydrogen-bond acceptors (Lipinski definition) is 10. The first-order valence-electron chi connectivity index (χ1n) is 7.69. The molecule has 1 saturated heterocycles. The fourth-order valence-electron chi connectivity index (χ4n) is 2.47.